The molecule has 0 spiro atoms. The number of carboxylic acids is 1. The second-order valence-corrected chi connectivity index (χ2v) is 5.58. The van der Waals surface area contributed by atoms with Gasteiger partial charge in [0.25, 0.3) is 0 Å². The molecule has 3 nitrogen and oxygen atoms in total. The maximum Gasteiger partial charge on any atom is 0.325 e. The summed E-state index contributed by atoms with van der Waals surface area (Å²) in [4.78, 5) is 12.5. The largest absolute Gasteiger partial charge is 0.480 e. The first-order chi connectivity index (χ1) is 9.09. The van der Waals surface area contributed by atoms with E-state index in [1.165, 1.54) is 0 Å². The Morgan fingerprint density at radius 1 is 1.32 bits per heavy atom. The fourth-order valence-electron chi connectivity index (χ4n) is 1.87. The van der Waals surface area contributed by atoms with Gasteiger partial charge < -0.3 is 5.11 Å². The molecule has 1 unspecified atom stereocenters. The molecule has 19 heavy (non-hydrogen) atoms. The third-order valence-corrected chi connectivity index (χ3v) is 4.25. The van der Waals surface area contributed by atoms with Gasteiger partial charge in [-0.05, 0) is 30.0 Å². The third kappa shape index (κ3) is 3.35. The Morgan fingerprint density at radius 2 is 2.05 bits per heavy atom. The molecule has 1 aromatic carbocycles. The van der Waals surface area contributed by atoms with Gasteiger partial charge in [-0.25, -0.2) is 0 Å². The van der Waals surface area contributed by atoms with Gasteiger partial charge in [0, 0.05) is 15.9 Å². The summed E-state index contributed by atoms with van der Waals surface area (Å²) in [7, 11) is 0. The minimum Gasteiger partial charge on any atom is -0.480 e. The maximum atomic E-state index is 11.4. The molecule has 0 saturated heterocycles. The second kappa shape index (κ2) is 6.19. The Kier molecular flexibility index (Phi) is 4.58. The van der Waals surface area contributed by atoms with Crippen LogP contribution in [-0.2, 0) is 4.79 Å². The first kappa shape index (κ1) is 14.1. The summed E-state index contributed by atoms with van der Waals surface area (Å²) in [6, 6.07) is 10.1. The number of carbonyl (C=O) groups is 1. The van der Waals surface area contributed by atoms with Crippen molar-refractivity contribution in [2.75, 3.05) is 0 Å². The molecule has 0 bridgehead atoms. The van der Waals surface area contributed by atoms with Crippen molar-refractivity contribution < 1.29 is 9.90 Å². The van der Waals surface area contributed by atoms with E-state index in [1.54, 1.807) is 35.6 Å². The quantitative estimate of drug-likeness (QED) is 0.880. The molecule has 0 amide bonds. The Morgan fingerprint density at radius 3 is 2.63 bits per heavy atom. The maximum absolute atomic E-state index is 11.4. The first-order valence-electron chi connectivity index (χ1n) is 5.86. The van der Waals surface area contributed by atoms with E-state index in [4.69, 9.17) is 11.6 Å². The van der Waals surface area contributed by atoms with Crippen LogP contribution in [0, 0.1) is 0 Å². The van der Waals surface area contributed by atoms with E-state index in [0.29, 0.717) is 10.6 Å². The molecular weight excluding hydrogens is 282 g/mol. The van der Waals surface area contributed by atoms with Gasteiger partial charge >= 0.3 is 5.97 Å². The molecule has 0 aliphatic carbocycles. The molecule has 0 aliphatic heterocycles. The van der Waals surface area contributed by atoms with Crippen LogP contribution in [0.2, 0.25) is 5.02 Å². The second-order valence-electron chi connectivity index (χ2n) is 4.20. The summed E-state index contributed by atoms with van der Waals surface area (Å²) in [5.41, 5.74) is 0.583. The third-order valence-electron chi connectivity index (χ3n) is 2.85. The lowest BCUT2D eigenvalue weighted by atomic mass is 10.1. The predicted molar refractivity (Wildman–Crippen MR) is 77.7 cm³/mol. The zero-order chi connectivity index (χ0) is 13.8. The van der Waals surface area contributed by atoms with Crippen molar-refractivity contribution in [3.05, 3.63) is 57.2 Å². The van der Waals surface area contributed by atoms with Crippen LogP contribution in [0.25, 0.3) is 0 Å². The van der Waals surface area contributed by atoms with E-state index in [1.807, 2.05) is 24.4 Å². The average molecular weight is 296 g/mol. The SMILES string of the molecule is CC(N[C@H](C(=O)O)c1ccccc1Cl)c1cccs1. The van der Waals surface area contributed by atoms with Crippen LogP contribution < -0.4 is 5.32 Å². The summed E-state index contributed by atoms with van der Waals surface area (Å²) in [5.74, 6) is -0.934. The highest BCUT2D eigenvalue weighted by molar-refractivity contribution is 7.10. The number of rotatable bonds is 5. The Hall–Kier alpha value is -1.36. The number of thiophene rings is 1. The van der Waals surface area contributed by atoms with Gasteiger partial charge in [-0.2, -0.15) is 0 Å². The number of hydrogen-bond acceptors (Lipinski definition) is 3. The summed E-state index contributed by atoms with van der Waals surface area (Å²) >= 11 is 7.67. The number of nitrogens with one attached hydrogen (secondary N) is 1. The van der Waals surface area contributed by atoms with Crippen molar-refractivity contribution in [2.45, 2.75) is 19.0 Å². The molecule has 0 aliphatic rings. The number of carboxylic acid groups (broad SMARTS) is 1. The van der Waals surface area contributed by atoms with Crippen molar-refractivity contribution in [1.82, 2.24) is 5.32 Å². The summed E-state index contributed by atoms with van der Waals surface area (Å²) in [6.45, 7) is 1.94. The Balaban J connectivity index is 2.22. The lowest BCUT2D eigenvalue weighted by Gasteiger charge is -2.20. The van der Waals surface area contributed by atoms with Crippen LogP contribution in [0.15, 0.2) is 41.8 Å². The Labute approximate surface area is 120 Å². The zero-order valence-corrected chi connectivity index (χ0v) is 11.9. The highest BCUT2D eigenvalue weighted by Gasteiger charge is 2.24. The van der Waals surface area contributed by atoms with E-state index in [9.17, 15) is 9.90 Å². The van der Waals surface area contributed by atoms with Gasteiger partial charge in [-0.1, -0.05) is 35.9 Å². The lowest BCUT2D eigenvalue weighted by molar-refractivity contribution is -0.139. The molecule has 2 N–H and O–H groups in total. The highest BCUT2D eigenvalue weighted by Crippen LogP contribution is 2.27. The fourth-order valence-corrected chi connectivity index (χ4v) is 2.86. The van der Waals surface area contributed by atoms with Crippen LogP contribution >= 0.6 is 22.9 Å². The van der Waals surface area contributed by atoms with Crippen LogP contribution in [0.3, 0.4) is 0 Å². The van der Waals surface area contributed by atoms with Gasteiger partial charge in [0.05, 0.1) is 0 Å². The molecule has 0 saturated carbocycles. The number of benzene rings is 1. The van der Waals surface area contributed by atoms with Crippen LogP contribution in [-0.4, -0.2) is 11.1 Å². The molecule has 1 aromatic heterocycles. The van der Waals surface area contributed by atoms with E-state index >= 15 is 0 Å². The van der Waals surface area contributed by atoms with Crippen LogP contribution in [0.5, 0.6) is 0 Å². The summed E-state index contributed by atoms with van der Waals surface area (Å²) in [5, 5.41) is 14.9. The van der Waals surface area contributed by atoms with Crippen molar-refractivity contribution >= 4 is 28.9 Å². The minimum atomic E-state index is -0.934. The van der Waals surface area contributed by atoms with E-state index < -0.39 is 12.0 Å². The summed E-state index contributed by atoms with van der Waals surface area (Å²) < 4.78 is 0. The molecule has 2 aromatic rings. The van der Waals surface area contributed by atoms with Gasteiger partial charge in [0.2, 0.25) is 0 Å². The monoisotopic (exact) mass is 295 g/mol. The van der Waals surface area contributed by atoms with E-state index in [-0.39, 0.29) is 6.04 Å². The van der Waals surface area contributed by atoms with Crippen LogP contribution in [0.1, 0.15) is 29.4 Å². The zero-order valence-electron chi connectivity index (χ0n) is 10.3. The van der Waals surface area contributed by atoms with Crippen molar-refractivity contribution in [3.63, 3.8) is 0 Å². The van der Waals surface area contributed by atoms with Crippen molar-refractivity contribution in [1.29, 1.82) is 0 Å². The van der Waals surface area contributed by atoms with Gasteiger partial charge in [0.15, 0.2) is 0 Å². The number of aliphatic carboxylic acids is 1. The minimum absolute atomic E-state index is 0.0441. The van der Waals surface area contributed by atoms with E-state index in [2.05, 4.69) is 5.32 Å². The topological polar surface area (TPSA) is 49.3 Å². The van der Waals surface area contributed by atoms with E-state index in [0.717, 1.165) is 4.88 Å². The number of hydrogen-bond donors (Lipinski definition) is 2. The van der Waals surface area contributed by atoms with Crippen molar-refractivity contribution in [2.24, 2.45) is 0 Å². The number of halogens is 1. The molecule has 1 heterocycles. The molecule has 0 radical (unpaired) electrons. The van der Waals surface area contributed by atoms with Crippen LogP contribution in [0.4, 0.5) is 0 Å². The normalized spacial score (nSPS) is 14.0. The smallest absolute Gasteiger partial charge is 0.325 e. The molecule has 0 fully saturated rings. The van der Waals surface area contributed by atoms with Gasteiger partial charge in [0.1, 0.15) is 6.04 Å². The standard InChI is InChI=1S/C14H14ClNO2S/c1-9(12-7-4-8-19-12)16-13(14(17)18)10-5-2-3-6-11(10)15/h2-9,13,16H,1H3,(H,17,18)/t9?,13-/m0/s1. The first-order valence-corrected chi connectivity index (χ1v) is 7.12. The molecule has 5 heteroatoms. The predicted octanol–water partition coefficient (Wildman–Crippen LogP) is 3.88. The summed E-state index contributed by atoms with van der Waals surface area (Å²) in [6.07, 6.45) is 0. The Bertz CT molecular complexity index is 556. The van der Waals surface area contributed by atoms with Crippen molar-refractivity contribution in [3.8, 4) is 0 Å². The molecule has 2 atom stereocenters. The molecule has 100 valence electrons. The molecular formula is C14H14ClNO2S. The average Bonchev–Trinajstić information content (AvgIpc) is 2.90. The van der Waals surface area contributed by atoms with Gasteiger partial charge in [-0.15, -0.1) is 11.3 Å². The fraction of sp³-hybridized carbons (Fsp3) is 0.214. The molecule has 2 rings (SSSR count). The van der Waals surface area contributed by atoms with Gasteiger partial charge in [-0.3, -0.25) is 10.1 Å². The highest BCUT2D eigenvalue weighted by atomic mass is 35.5. The lowest BCUT2D eigenvalue weighted by Crippen LogP contribution is -2.30.